The first kappa shape index (κ1) is 25.1. The van der Waals surface area contributed by atoms with Gasteiger partial charge in [-0.05, 0) is 47.9 Å². The second kappa shape index (κ2) is 10.8. The summed E-state index contributed by atoms with van der Waals surface area (Å²) in [6.07, 6.45) is 0.697. The molecule has 194 valence electrons. The van der Waals surface area contributed by atoms with Crippen molar-refractivity contribution < 1.29 is 22.7 Å². The van der Waals surface area contributed by atoms with Crippen LogP contribution in [0.4, 0.5) is 5.69 Å². The third-order valence-corrected chi connectivity index (χ3v) is 8.80. The molecule has 9 heteroatoms. The summed E-state index contributed by atoms with van der Waals surface area (Å²) in [6.45, 7) is 2.96. The fraction of sp³-hybridized carbons (Fsp3) is 0.321. The number of carbonyl (C=O) groups is 1. The molecule has 3 aromatic rings. The lowest BCUT2D eigenvalue weighted by Gasteiger charge is -2.37. The predicted molar refractivity (Wildman–Crippen MR) is 141 cm³/mol. The molecule has 3 aromatic carbocycles. The van der Waals surface area contributed by atoms with E-state index < -0.39 is 10.0 Å². The number of nitrogens with zero attached hydrogens (tertiary/aromatic N) is 3. The van der Waals surface area contributed by atoms with Gasteiger partial charge in [0.2, 0.25) is 10.0 Å². The van der Waals surface area contributed by atoms with Gasteiger partial charge in [0, 0.05) is 39.3 Å². The first-order valence-corrected chi connectivity index (χ1v) is 13.9. The van der Waals surface area contributed by atoms with Gasteiger partial charge in [-0.2, -0.15) is 4.31 Å². The number of hydrogen-bond donors (Lipinski definition) is 0. The lowest BCUT2D eigenvalue weighted by Crippen LogP contribution is -2.50. The zero-order chi connectivity index (χ0) is 25.8. The number of sulfonamides is 1. The minimum Gasteiger partial charge on any atom is -0.495 e. The van der Waals surface area contributed by atoms with Gasteiger partial charge in [0.05, 0.1) is 17.7 Å². The average molecular weight is 522 g/mol. The van der Waals surface area contributed by atoms with E-state index in [1.54, 1.807) is 34.5 Å². The molecule has 2 aliphatic rings. The van der Waals surface area contributed by atoms with Crippen LogP contribution in [0, 0.1) is 0 Å². The summed E-state index contributed by atoms with van der Waals surface area (Å²) in [6, 6.07) is 22.3. The molecular formula is C28H31N3O5S. The highest BCUT2D eigenvalue weighted by Crippen LogP contribution is 2.34. The minimum absolute atomic E-state index is 0.0139. The summed E-state index contributed by atoms with van der Waals surface area (Å²) in [5.74, 6) is 1.20. The third kappa shape index (κ3) is 5.42. The van der Waals surface area contributed by atoms with Crippen molar-refractivity contribution in [3.8, 4) is 11.5 Å². The van der Waals surface area contributed by atoms with Crippen LogP contribution in [0.5, 0.6) is 11.5 Å². The Morgan fingerprint density at radius 2 is 1.57 bits per heavy atom. The molecule has 5 rings (SSSR count). The molecule has 8 nitrogen and oxygen atoms in total. The molecule has 0 N–H and O–H groups in total. The molecule has 0 radical (unpaired) electrons. The molecule has 0 unspecified atom stereocenters. The van der Waals surface area contributed by atoms with Crippen molar-refractivity contribution in [3.05, 3.63) is 83.9 Å². The van der Waals surface area contributed by atoms with Gasteiger partial charge >= 0.3 is 0 Å². The summed E-state index contributed by atoms with van der Waals surface area (Å²) in [5, 5.41) is 0. The van der Waals surface area contributed by atoms with E-state index in [0.29, 0.717) is 62.9 Å². The standard InChI is InChI=1S/C28H31N3O5S/c1-35-27-12-11-25(37(33,34)31-14-13-22-7-5-6-8-23(22)20-31)19-26(27)29-15-17-30(18-16-29)28(32)21-36-24-9-3-2-4-10-24/h2-12,19H,13-18,20-21H2,1H3. The van der Waals surface area contributed by atoms with Crippen LogP contribution in [0.2, 0.25) is 0 Å². The number of anilines is 1. The second-order valence-corrected chi connectivity index (χ2v) is 11.1. The first-order chi connectivity index (χ1) is 18.0. The van der Waals surface area contributed by atoms with Crippen molar-refractivity contribution in [1.82, 2.24) is 9.21 Å². The Balaban J connectivity index is 1.27. The van der Waals surface area contributed by atoms with Crippen LogP contribution in [0.3, 0.4) is 0 Å². The highest BCUT2D eigenvalue weighted by atomic mass is 32.2. The number of carbonyl (C=O) groups excluding carboxylic acids is 1. The van der Waals surface area contributed by atoms with Crippen LogP contribution in [-0.4, -0.2) is 70.0 Å². The molecule has 1 amide bonds. The topological polar surface area (TPSA) is 79.4 Å². The second-order valence-electron chi connectivity index (χ2n) is 9.16. The number of methoxy groups -OCH3 is 1. The van der Waals surface area contributed by atoms with Gasteiger partial charge in [0.1, 0.15) is 11.5 Å². The van der Waals surface area contributed by atoms with E-state index in [4.69, 9.17) is 9.47 Å². The number of piperazine rings is 1. The molecule has 2 aliphatic heterocycles. The van der Waals surface area contributed by atoms with Gasteiger partial charge in [-0.25, -0.2) is 8.42 Å². The van der Waals surface area contributed by atoms with Gasteiger partial charge < -0.3 is 19.3 Å². The maximum absolute atomic E-state index is 13.6. The zero-order valence-corrected chi connectivity index (χ0v) is 21.7. The number of hydrogen-bond acceptors (Lipinski definition) is 6. The quantitative estimate of drug-likeness (QED) is 0.475. The highest BCUT2D eigenvalue weighted by Gasteiger charge is 2.30. The zero-order valence-electron chi connectivity index (χ0n) is 20.9. The number of amides is 1. The number of rotatable bonds is 7. The molecular weight excluding hydrogens is 490 g/mol. The molecule has 0 bridgehead atoms. The van der Waals surface area contributed by atoms with Crippen LogP contribution in [0.1, 0.15) is 11.1 Å². The third-order valence-electron chi connectivity index (χ3n) is 6.96. The van der Waals surface area contributed by atoms with Gasteiger partial charge in [0.25, 0.3) is 5.91 Å². The normalized spacial score (nSPS) is 16.2. The predicted octanol–water partition coefficient (Wildman–Crippen LogP) is 3.17. The highest BCUT2D eigenvalue weighted by molar-refractivity contribution is 7.89. The van der Waals surface area contributed by atoms with E-state index in [1.807, 2.05) is 48.5 Å². The lowest BCUT2D eigenvalue weighted by molar-refractivity contribution is -0.133. The van der Waals surface area contributed by atoms with Gasteiger partial charge in [-0.15, -0.1) is 0 Å². The monoisotopic (exact) mass is 521 g/mol. The summed E-state index contributed by atoms with van der Waals surface area (Å²) >= 11 is 0. The maximum Gasteiger partial charge on any atom is 0.260 e. The summed E-state index contributed by atoms with van der Waals surface area (Å²) < 4.78 is 39.8. The average Bonchev–Trinajstić information content (AvgIpc) is 2.96. The fourth-order valence-electron chi connectivity index (χ4n) is 4.85. The fourth-order valence-corrected chi connectivity index (χ4v) is 6.29. The van der Waals surface area contributed by atoms with Crippen molar-refractivity contribution in [1.29, 1.82) is 0 Å². The Morgan fingerprint density at radius 3 is 2.30 bits per heavy atom. The largest absolute Gasteiger partial charge is 0.495 e. The smallest absolute Gasteiger partial charge is 0.260 e. The van der Waals surface area contributed by atoms with Crippen LogP contribution >= 0.6 is 0 Å². The van der Waals surface area contributed by atoms with E-state index in [9.17, 15) is 13.2 Å². The number of ether oxygens (including phenoxy) is 2. The summed E-state index contributed by atoms with van der Waals surface area (Å²) in [4.78, 5) is 16.8. The van der Waals surface area contributed by atoms with Crippen molar-refractivity contribution >= 4 is 21.6 Å². The maximum atomic E-state index is 13.6. The van der Waals surface area contributed by atoms with E-state index in [1.165, 1.54) is 5.56 Å². The SMILES string of the molecule is COc1ccc(S(=O)(=O)N2CCc3ccccc3C2)cc1N1CCN(C(=O)COc2ccccc2)CC1. The number of benzene rings is 3. The minimum atomic E-state index is -3.68. The van der Waals surface area contributed by atoms with Crippen LogP contribution in [-0.2, 0) is 27.8 Å². The van der Waals surface area contributed by atoms with Crippen molar-refractivity contribution in [2.75, 3.05) is 51.3 Å². The van der Waals surface area contributed by atoms with Crippen molar-refractivity contribution in [3.63, 3.8) is 0 Å². The molecule has 0 atom stereocenters. The van der Waals surface area contributed by atoms with E-state index in [-0.39, 0.29) is 17.4 Å². The summed E-state index contributed by atoms with van der Waals surface area (Å²) in [5.41, 5.74) is 2.96. The van der Waals surface area contributed by atoms with Crippen LogP contribution in [0.25, 0.3) is 0 Å². The molecule has 2 heterocycles. The van der Waals surface area contributed by atoms with Gasteiger partial charge in [-0.3, -0.25) is 4.79 Å². The summed E-state index contributed by atoms with van der Waals surface area (Å²) in [7, 11) is -2.10. The van der Waals surface area contributed by atoms with Crippen LogP contribution in [0.15, 0.2) is 77.7 Å². The Labute approximate surface area is 218 Å². The Kier molecular flexibility index (Phi) is 7.34. The van der Waals surface area contributed by atoms with E-state index >= 15 is 0 Å². The Morgan fingerprint density at radius 1 is 0.865 bits per heavy atom. The Bertz CT molecular complexity index is 1360. The molecule has 1 saturated heterocycles. The Hall–Kier alpha value is -3.56. The molecule has 1 fully saturated rings. The first-order valence-electron chi connectivity index (χ1n) is 12.4. The molecule has 0 aliphatic carbocycles. The van der Waals surface area contributed by atoms with Gasteiger partial charge in [-0.1, -0.05) is 42.5 Å². The van der Waals surface area contributed by atoms with Crippen LogP contribution < -0.4 is 14.4 Å². The molecule has 0 spiro atoms. The number of fused-ring (bicyclic) bond motifs is 1. The number of para-hydroxylation sites is 1. The molecule has 0 aromatic heterocycles. The van der Waals surface area contributed by atoms with Gasteiger partial charge in [0.15, 0.2) is 6.61 Å². The molecule has 0 saturated carbocycles. The molecule has 37 heavy (non-hydrogen) atoms. The van der Waals surface area contributed by atoms with Crippen molar-refractivity contribution in [2.45, 2.75) is 17.9 Å². The van der Waals surface area contributed by atoms with Crippen molar-refractivity contribution in [2.24, 2.45) is 0 Å². The van der Waals surface area contributed by atoms with E-state index in [0.717, 1.165) is 5.56 Å². The lowest BCUT2D eigenvalue weighted by atomic mass is 10.0. The van der Waals surface area contributed by atoms with E-state index in [2.05, 4.69) is 11.0 Å².